The predicted molar refractivity (Wildman–Crippen MR) is 38.0 cm³/mol. The van der Waals surface area contributed by atoms with Crippen molar-refractivity contribution in [1.29, 1.82) is 0 Å². The van der Waals surface area contributed by atoms with E-state index in [0.29, 0.717) is 0 Å². The fraction of sp³-hybridized carbons (Fsp3) is 0.500. The van der Waals surface area contributed by atoms with Gasteiger partial charge in [-0.1, -0.05) is 11.6 Å². The number of alkyl halides is 3. The van der Waals surface area contributed by atoms with Gasteiger partial charge in [0.25, 0.3) is 0 Å². The van der Waals surface area contributed by atoms with E-state index in [-0.39, 0.29) is 10.8 Å². The van der Waals surface area contributed by atoms with Gasteiger partial charge in [0.2, 0.25) is 0 Å². The third kappa shape index (κ3) is 1.41. The Kier molecular flexibility index (Phi) is 2.07. The minimum absolute atomic E-state index is 0.102. The number of halogens is 4. The fourth-order valence-electron chi connectivity index (χ4n) is 0.952. The second-order valence-electron chi connectivity index (χ2n) is 2.37. The molecule has 0 saturated carbocycles. The number of nitrogens with zero attached hydrogens (tertiary/aromatic N) is 2. The number of hydrogen-bond acceptors (Lipinski definition) is 1. The monoisotopic (exact) mass is 198 g/mol. The SMILES string of the molecule is Cc1nn(C)c(Cl)c1C(F)(F)F. The maximum atomic E-state index is 12.2. The first-order valence-corrected chi connectivity index (χ1v) is 3.48. The van der Waals surface area contributed by atoms with Gasteiger partial charge in [-0.05, 0) is 6.92 Å². The normalized spacial score (nSPS) is 12.2. The summed E-state index contributed by atoms with van der Waals surface area (Å²) in [5.74, 6) is 0. The Morgan fingerprint density at radius 2 is 1.92 bits per heavy atom. The summed E-state index contributed by atoms with van der Waals surface area (Å²) in [7, 11) is 1.37. The zero-order valence-corrected chi connectivity index (χ0v) is 7.16. The zero-order valence-electron chi connectivity index (χ0n) is 6.41. The highest BCUT2D eigenvalue weighted by atomic mass is 35.5. The third-order valence-corrected chi connectivity index (χ3v) is 1.87. The second kappa shape index (κ2) is 2.65. The molecule has 0 aliphatic carbocycles. The van der Waals surface area contributed by atoms with Crippen LogP contribution >= 0.6 is 11.6 Å². The predicted octanol–water partition coefficient (Wildman–Crippen LogP) is 2.40. The second-order valence-corrected chi connectivity index (χ2v) is 2.73. The molecule has 2 nitrogen and oxygen atoms in total. The zero-order chi connectivity index (χ0) is 9.52. The molecule has 1 heterocycles. The van der Waals surface area contributed by atoms with Crippen LogP contribution in [0.2, 0.25) is 5.15 Å². The summed E-state index contributed by atoms with van der Waals surface area (Å²) in [6, 6.07) is 0. The lowest BCUT2D eigenvalue weighted by Crippen LogP contribution is -2.06. The summed E-state index contributed by atoms with van der Waals surface area (Å²) in [6.07, 6.45) is -4.42. The number of hydrogen-bond donors (Lipinski definition) is 0. The summed E-state index contributed by atoms with van der Waals surface area (Å²) in [5.41, 5.74) is -0.957. The molecule has 68 valence electrons. The van der Waals surface area contributed by atoms with E-state index in [9.17, 15) is 13.2 Å². The van der Waals surface area contributed by atoms with E-state index in [4.69, 9.17) is 11.6 Å². The lowest BCUT2D eigenvalue weighted by Gasteiger charge is -2.04. The van der Waals surface area contributed by atoms with Gasteiger partial charge in [-0.3, -0.25) is 4.68 Å². The highest BCUT2D eigenvalue weighted by Gasteiger charge is 2.37. The first-order valence-electron chi connectivity index (χ1n) is 3.10. The molecule has 12 heavy (non-hydrogen) atoms. The largest absolute Gasteiger partial charge is 0.421 e. The van der Waals surface area contributed by atoms with E-state index in [0.717, 1.165) is 4.68 Å². The molecule has 0 aliphatic heterocycles. The topological polar surface area (TPSA) is 17.8 Å². The molecular formula is C6H6ClF3N2. The van der Waals surface area contributed by atoms with Crippen LogP contribution in [0.15, 0.2) is 0 Å². The molecule has 1 aromatic heterocycles. The quantitative estimate of drug-likeness (QED) is 0.626. The van der Waals surface area contributed by atoms with Gasteiger partial charge in [0, 0.05) is 7.05 Å². The third-order valence-electron chi connectivity index (χ3n) is 1.44. The van der Waals surface area contributed by atoms with Crippen LogP contribution in [-0.2, 0) is 13.2 Å². The van der Waals surface area contributed by atoms with Crippen LogP contribution in [0.3, 0.4) is 0 Å². The van der Waals surface area contributed by atoms with Crippen molar-refractivity contribution in [3.8, 4) is 0 Å². The molecular weight excluding hydrogens is 193 g/mol. The molecule has 0 aromatic carbocycles. The molecule has 0 radical (unpaired) electrons. The standard InChI is InChI=1S/C6H6ClF3N2/c1-3-4(6(8,9)10)5(7)12(2)11-3/h1-2H3. The van der Waals surface area contributed by atoms with Crippen LogP contribution < -0.4 is 0 Å². The molecule has 0 saturated heterocycles. The molecule has 0 bridgehead atoms. The van der Waals surface area contributed by atoms with Crippen molar-refractivity contribution in [3.05, 3.63) is 16.4 Å². The van der Waals surface area contributed by atoms with Crippen LogP contribution in [-0.4, -0.2) is 9.78 Å². The Morgan fingerprint density at radius 1 is 1.42 bits per heavy atom. The maximum Gasteiger partial charge on any atom is 0.421 e. The molecule has 0 N–H and O–H groups in total. The van der Waals surface area contributed by atoms with Crippen molar-refractivity contribution in [3.63, 3.8) is 0 Å². The average molecular weight is 199 g/mol. The molecule has 1 aromatic rings. The highest BCUT2D eigenvalue weighted by Crippen LogP contribution is 2.36. The van der Waals surface area contributed by atoms with E-state index in [1.54, 1.807) is 0 Å². The first-order chi connectivity index (χ1) is 5.34. The van der Waals surface area contributed by atoms with Crippen molar-refractivity contribution in [2.24, 2.45) is 7.05 Å². The Morgan fingerprint density at radius 3 is 2.08 bits per heavy atom. The van der Waals surface area contributed by atoms with Crippen molar-refractivity contribution in [1.82, 2.24) is 9.78 Å². The van der Waals surface area contributed by atoms with Crippen LogP contribution in [0.4, 0.5) is 13.2 Å². The van der Waals surface area contributed by atoms with E-state index in [1.807, 2.05) is 0 Å². The van der Waals surface area contributed by atoms with Gasteiger partial charge < -0.3 is 0 Å². The Bertz CT molecular complexity index is 302. The average Bonchev–Trinajstić information content (AvgIpc) is 2.05. The Balaban J connectivity index is 3.32. The Labute approximate surface area is 71.9 Å². The van der Waals surface area contributed by atoms with Gasteiger partial charge in [-0.25, -0.2) is 0 Å². The minimum atomic E-state index is -4.42. The molecule has 6 heteroatoms. The van der Waals surface area contributed by atoms with E-state index in [2.05, 4.69) is 5.10 Å². The van der Waals surface area contributed by atoms with Gasteiger partial charge >= 0.3 is 6.18 Å². The molecule has 0 atom stereocenters. The molecule has 0 amide bonds. The van der Waals surface area contributed by atoms with Crippen molar-refractivity contribution in [2.75, 3.05) is 0 Å². The van der Waals surface area contributed by atoms with E-state index in [1.165, 1.54) is 14.0 Å². The van der Waals surface area contributed by atoms with Crippen LogP contribution in [0.1, 0.15) is 11.3 Å². The first kappa shape index (κ1) is 9.38. The lowest BCUT2D eigenvalue weighted by atomic mass is 10.2. The summed E-state index contributed by atoms with van der Waals surface area (Å²) in [6.45, 7) is 1.27. The van der Waals surface area contributed by atoms with Gasteiger partial charge in [-0.2, -0.15) is 18.3 Å². The number of aryl methyl sites for hydroxylation is 2. The molecule has 0 spiro atoms. The number of aromatic nitrogens is 2. The van der Waals surface area contributed by atoms with Gasteiger partial charge in [-0.15, -0.1) is 0 Å². The van der Waals surface area contributed by atoms with Crippen molar-refractivity contribution >= 4 is 11.6 Å². The van der Waals surface area contributed by atoms with E-state index < -0.39 is 11.7 Å². The minimum Gasteiger partial charge on any atom is -0.256 e. The van der Waals surface area contributed by atoms with Gasteiger partial charge in [0.15, 0.2) is 0 Å². The summed E-state index contributed by atoms with van der Waals surface area (Å²) >= 11 is 5.38. The highest BCUT2D eigenvalue weighted by molar-refractivity contribution is 6.30. The Hall–Kier alpha value is -0.710. The summed E-state index contributed by atoms with van der Waals surface area (Å²) in [4.78, 5) is 0. The van der Waals surface area contributed by atoms with Crippen molar-refractivity contribution < 1.29 is 13.2 Å². The molecule has 0 aliphatic rings. The molecule has 0 fully saturated rings. The molecule has 1 rings (SSSR count). The smallest absolute Gasteiger partial charge is 0.256 e. The lowest BCUT2D eigenvalue weighted by molar-refractivity contribution is -0.138. The summed E-state index contributed by atoms with van der Waals surface area (Å²) < 4.78 is 37.6. The molecule has 0 unspecified atom stereocenters. The fourth-order valence-corrected chi connectivity index (χ4v) is 1.23. The number of rotatable bonds is 0. The van der Waals surface area contributed by atoms with Gasteiger partial charge in [0.1, 0.15) is 10.7 Å². The van der Waals surface area contributed by atoms with Crippen LogP contribution in [0, 0.1) is 6.92 Å². The van der Waals surface area contributed by atoms with Crippen molar-refractivity contribution in [2.45, 2.75) is 13.1 Å². The maximum absolute atomic E-state index is 12.2. The van der Waals surface area contributed by atoms with Crippen LogP contribution in [0.5, 0.6) is 0 Å². The van der Waals surface area contributed by atoms with E-state index >= 15 is 0 Å². The summed E-state index contributed by atoms with van der Waals surface area (Å²) in [5, 5.41) is 3.17. The van der Waals surface area contributed by atoms with Gasteiger partial charge in [0.05, 0.1) is 5.69 Å². The van der Waals surface area contributed by atoms with Crippen LogP contribution in [0.25, 0.3) is 0 Å².